The van der Waals surface area contributed by atoms with E-state index < -0.39 is 28.6 Å². The highest BCUT2D eigenvalue weighted by molar-refractivity contribution is 6.30. The lowest BCUT2D eigenvalue weighted by Gasteiger charge is -2.23. The molecule has 4 rings (SSSR count). The van der Waals surface area contributed by atoms with Gasteiger partial charge in [0.25, 0.3) is 11.6 Å². The van der Waals surface area contributed by atoms with Gasteiger partial charge in [-0.2, -0.15) is 0 Å². The third-order valence-corrected chi connectivity index (χ3v) is 5.56. The Morgan fingerprint density at radius 3 is 2.32 bits per heavy atom. The number of hydrogen-bond acceptors (Lipinski definition) is 5. The van der Waals surface area contributed by atoms with E-state index in [9.17, 15) is 24.8 Å². The molecule has 1 aliphatic rings. The van der Waals surface area contributed by atoms with Gasteiger partial charge >= 0.3 is 0 Å². The maximum atomic E-state index is 13.3. The number of fused-ring (bicyclic) bond motifs is 1. The molecule has 8 heteroatoms. The van der Waals surface area contributed by atoms with Crippen LogP contribution >= 0.6 is 11.6 Å². The minimum Gasteiger partial charge on any atom is -0.375 e. The molecule has 0 aliphatic carbocycles. The first kappa shape index (κ1) is 20.7. The van der Waals surface area contributed by atoms with Crippen LogP contribution in [0.1, 0.15) is 27.9 Å². The van der Waals surface area contributed by atoms with E-state index in [1.54, 1.807) is 48.5 Å². The molecule has 7 nitrogen and oxygen atoms in total. The van der Waals surface area contributed by atoms with Crippen LogP contribution in [0.5, 0.6) is 0 Å². The molecular weight excluding hydrogens is 420 g/mol. The Balaban J connectivity index is 1.63. The molecule has 0 saturated carbocycles. The van der Waals surface area contributed by atoms with Crippen molar-refractivity contribution in [1.29, 1.82) is 0 Å². The second kappa shape index (κ2) is 7.94. The summed E-state index contributed by atoms with van der Waals surface area (Å²) < 4.78 is 0. The van der Waals surface area contributed by atoms with Crippen LogP contribution in [0.3, 0.4) is 0 Å². The number of amides is 1. The van der Waals surface area contributed by atoms with E-state index in [4.69, 9.17) is 11.6 Å². The second-order valence-electron chi connectivity index (χ2n) is 7.30. The number of para-hydroxylation sites is 1. The Labute approximate surface area is 182 Å². The summed E-state index contributed by atoms with van der Waals surface area (Å²) in [6.45, 7) is 0.209. The zero-order valence-electron chi connectivity index (χ0n) is 16.2. The zero-order chi connectivity index (χ0) is 22.2. The molecular formula is C23H17ClN2O5. The molecule has 0 bridgehead atoms. The first-order chi connectivity index (χ1) is 14.8. The molecule has 1 atom stereocenters. The highest BCUT2D eigenvalue weighted by Crippen LogP contribution is 2.43. The summed E-state index contributed by atoms with van der Waals surface area (Å²) in [5.74, 6) is -1.09. The molecule has 0 spiro atoms. The summed E-state index contributed by atoms with van der Waals surface area (Å²) in [5.41, 5.74) is -0.293. The van der Waals surface area contributed by atoms with E-state index in [1.807, 2.05) is 0 Å². The monoisotopic (exact) mass is 436 g/mol. The van der Waals surface area contributed by atoms with E-state index in [0.29, 0.717) is 16.3 Å². The number of nitro benzene ring substituents is 1. The van der Waals surface area contributed by atoms with Crippen LogP contribution in [0.2, 0.25) is 5.02 Å². The van der Waals surface area contributed by atoms with Crippen LogP contribution in [0.4, 0.5) is 11.4 Å². The Bertz CT molecular complexity index is 1180. The smallest absolute Gasteiger partial charge is 0.269 e. The number of nitro groups is 1. The van der Waals surface area contributed by atoms with Gasteiger partial charge in [-0.1, -0.05) is 41.9 Å². The molecule has 1 amide bonds. The molecule has 1 aliphatic heterocycles. The van der Waals surface area contributed by atoms with Crippen LogP contribution in [0.15, 0.2) is 72.8 Å². The highest BCUT2D eigenvalue weighted by atomic mass is 35.5. The number of nitrogens with zero attached hydrogens (tertiary/aromatic N) is 2. The largest absolute Gasteiger partial charge is 0.375 e. The fourth-order valence-corrected chi connectivity index (χ4v) is 3.84. The van der Waals surface area contributed by atoms with E-state index in [-0.39, 0.29) is 17.8 Å². The maximum absolute atomic E-state index is 13.3. The summed E-state index contributed by atoms with van der Waals surface area (Å²) in [4.78, 5) is 37.8. The zero-order valence-corrected chi connectivity index (χ0v) is 17.0. The number of hydrogen-bond donors (Lipinski definition) is 1. The molecule has 0 aromatic heterocycles. The summed E-state index contributed by atoms with van der Waals surface area (Å²) in [6, 6.07) is 18.9. The number of carbonyl (C=O) groups is 2. The number of non-ortho nitro benzene ring substituents is 1. The van der Waals surface area contributed by atoms with Gasteiger partial charge < -0.3 is 10.0 Å². The lowest BCUT2D eigenvalue weighted by molar-refractivity contribution is -0.384. The minimum atomic E-state index is -2.03. The van der Waals surface area contributed by atoms with Crippen LogP contribution in [-0.4, -0.2) is 21.7 Å². The van der Waals surface area contributed by atoms with Crippen molar-refractivity contribution in [1.82, 2.24) is 0 Å². The summed E-state index contributed by atoms with van der Waals surface area (Å²) in [7, 11) is 0. The van der Waals surface area contributed by atoms with Crippen LogP contribution in [0.25, 0.3) is 0 Å². The van der Waals surface area contributed by atoms with Gasteiger partial charge in [0, 0.05) is 28.3 Å². The van der Waals surface area contributed by atoms with Crippen molar-refractivity contribution >= 4 is 34.7 Å². The SMILES string of the molecule is O=C(C[C@@]1(O)C(=O)N(Cc2ccc(Cl)cc2)c2ccccc21)c1ccc([N+](=O)[O-])cc1. The Morgan fingerprint density at radius 2 is 1.68 bits per heavy atom. The van der Waals surface area contributed by atoms with Crippen molar-refractivity contribution in [2.24, 2.45) is 0 Å². The van der Waals surface area contributed by atoms with Crippen LogP contribution < -0.4 is 4.90 Å². The Morgan fingerprint density at radius 1 is 1.03 bits per heavy atom. The van der Waals surface area contributed by atoms with Crippen molar-refractivity contribution in [3.05, 3.63) is 105 Å². The number of ketones is 1. The van der Waals surface area contributed by atoms with Gasteiger partial charge in [-0.3, -0.25) is 19.7 Å². The average molecular weight is 437 g/mol. The maximum Gasteiger partial charge on any atom is 0.269 e. The molecule has 0 fully saturated rings. The van der Waals surface area contributed by atoms with E-state index >= 15 is 0 Å². The standard InChI is InChI=1S/C23H17ClN2O5/c24-17-9-5-15(6-10-17)14-25-20-4-2-1-3-19(20)23(29,22(25)28)13-21(27)16-7-11-18(12-8-16)26(30)31/h1-12,29H,13-14H2/t23-/m0/s1. The lowest BCUT2D eigenvalue weighted by atomic mass is 9.88. The third kappa shape index (κ3) is 3.81. The second-order valence-corrected chi connectivity index (χ2v) is 7.74. The van der Waals surface area contributed by atoms with Crippen molar-refractivity contribution in [2.45, 2.75) is 18.6 Å². The average Bonchev–Trinajstić information content (AvgIpc) is 2.97. The normalized spacial score (nSPS) is 17.5. The third-order valence-electron chi connectivity index (χ3n) is 5.31. The van der Waals surface area contributed by atoms with Gasteiger partial charge in [-0.25, -0.2) is 0 Å². The number of carbonyl (C=O) groups excluding carboxylic acids is 2. The molecule has 3 aromatic rings. The molecule has 0 unspecified atom stereocenters. The molecule has 31 heavy (non-hydrogen) atoms. The number of benzene rings is 3. The Hall–Kier alpha value is -3.55. The predicted molar refractivity (Wildman–Crippen MR) is 115 cm³/mol. The number of Topliss-reactive ketones (excluding diaryl/α,β-unsaturated/α-hetero) is 1. The highest BCUT2D eigenvalue weighted by Gasteiger charge is 2.50. The fourth-order valence-electron chi connectivity index (χ4n) is 3.71. The van der Waals surface area contributed by atoms with Crippen molar-refractivity contribution in [3.8, 4) is 0 Å². The summed E-state index contributed by atoms with van der Waals surface area (Å²) >= 11 is 5.93. The molecule has 0 saturated heterocycles. The molecule has 1 N–H and O–H groups in total. The quantitative estimate of drug-likeness (QED) is 0.353. The molecule has 156 valence electrons. The number of anilines is 1. The van der Waals surface area contributed by atoms with Crippen LogP contribution in [0, 0.1) is 10.1 Å². The van der Waals surface area contributed by atoms with Gasteiger partial charge in [0.05, 0.1) is 23.6 Å². The lowest BCUT2D eigenvalue weighted by Crippen LogP contribution is -2.41. The minimum absolute atomic E-state index is 0.147. The van der Waals surface area contributed by atoms with Crippen molar-refractivity contribution < 1.29 is 19.6 Å². The van der Waals surface area contributed by atoms with Gasteiger partial charge in [-0.05, 0) is 35.9 Å². The topological polar surface area (TPSA) is 101 Å². The number of halogens is 1. The molecule has 0 radical (unpaired) electrons. The fraction of sp³-hybridized carbons (Fsp3) is 0.130. The van der Waals surface area contributed by atoms with Gasteiger partial charge in [0.15, 0.2) is 11.4 Å². The first-order valence-electron chi connectivity index (χ1n) is 9.45. The van der Waals surface area contributed by atoms with E-state index in [2.05, 4.69) is 0 Å². The van der Waals surface area contributed by atoms with Gasteiger partial charge in [0.2, 0.25) is 0 Å². The summed E-state index contributed by atoms with van der Waals surface area (Å²) in [6.07, 6.45) is -0.474. The van der Waals surface area contributed by atoms with Gasteiger partial charge in [0.1, 0.15) is 0 Å². The van der Waals surface area contributed by atoms with Gasteiger partial charge in [-0.15, -0.1) is 0 Å². The van der Waals surface area contributed by atoms with Crippen LogP contribution in [-0.2, 0) is 16.9 Å². The number of rotatable bonds is 6. The molecule has 3 aromatic carbocycles. The van der Waals surface area contributed by atoms with Crippen molar-refractivity contribution in [2.75, 3.05) is 4.90 Å². The van der Waals surface area contributed by atoms with Crippen molar-refractivity contribution in [3.63, 3.8) is 0 Å². The predicted octanol–water partition coefficient (Wildman–Crippen LogP) is 4.26. The number of aliphatic hydroxyl groups is 1. The Kier molecular flexibility index (Phi) is 5.31. The van der Waals surface area contributed by atoms with E-state index in [0.717, 1.165) is 5.56 Å². The summed E-state index contributed by atoms with van der Waals surface area (Å²) in [5, 5.41) is 22.7. The van der Waals surface area contributed by atoms with E-state index in [1.165, 1.54) is 29.2 Å². The molecule has 1 heterocycles. The first-order valence-corrected chi connectivity index (χ1v) is 9.83.